The summed E-state index contributed by atoms with van der Waals surface area (Å²) >= 11 is 0. The second-order valence-corrected chi connectivity index (χ2v) is 28.8. The van der Waals surface area contributed by atoms with Crippen LogP contribution in [0.25, 0.3) is 10.9 Å². The number of fused-ring (bicyclic) bond motifs is 3. The number of aromatic nitrogens is 1. The third-order valence-corrected chi connectivity index (χ3v) is 18.7. The van der Waals surface area contributed by atoms with E-state index in [9.17, 15) is 44.1 Å². The van der Waals surface area contributed by atoms with Crippen LogP contribution in [0.5, 0.6) is 0 Å². The second-order valence-electron chi connectivity index (χ2n) is 28.8. The Balaban J connectivity index is 1.30. The number of carboxylic acid groups (broad SMARTS) is 1. The van der Waals surface area contributed by atoms with E-state index in [2.05, 4.69) is 57.5 Å². The molecule has 3 aliphatic heterocycles. The van der Waals surface area contributed by atoms with E-state index in [1.807, 2.05) is 32.0 Å². The van der Waals surface area contributed by atoms with E-state index in [0.29, 0.717) is 40.6 Å². The van der Waals surface area contributed by atoms with Gasteiger partial charge in [-0.2, -0.15) is 0 Å². The number of aliphatic hydroxyl groups is 2. The molecule has 0 radical (unpaired) electrons. The Morgan fingerprint density at radius 2 is 1.06 bits per heavy atom. The van der Waals surface area contributed by atoms with Crippen molar-refractivity contribution in [3.63, 3.8) is 0 Å². The molecule has 0 saturated carbocycles. The number of H-pyrrole nitrogens is 1. The first kappa shape index (κ1) is 79.6. The summed E-state index contributed by atoms with van der Waals surface area (Å²) in [6, 6.07) is 1.04. The highest BCUT2D eigenvalue weighted by Crippen LogP contribution is 2.36. The third kappa shape index (κ3) is 22.4. The van der Waals surface area contributed by atoms with Crippen molar-refractivity contribution in [3.05, 3.63) is 83.3 Å². The van der Waals surface area contributed by atoms with E-state index >= 15 is 28.8 Å². The number of carbonyl (C=O) groups is 12. The number of guanidine groups is 1. The number of Topliss-reactive ketones (excluding diaryl/α,β-unsaturated/α-hetero) is 1. The lowest BCUT2D eigenvalue weighted by atomic mass is 9.76. The Labute approximate surface area is 594 Å². The fraction of sp³-hybridized carbons (Fsp3) is 0.583. The van der Waals surface area contributed by atoms with E-state index in [1.54, 1.807) is 77.2 Å². The van der Waals surface area contributed by atoms with Gasteiger partial charge in [0.05, 0.1) is 18.1 Å². The number of amides is 10. The second kappa shape index (κ2) is 36.7. The Hall–Kier alpha value is -9.74. The van der Waals surface area contributed by atoms with Crippen molar-refractivity contribution >= 4 is 93.4 Å². The molecule has 1 aromatic heterocycles. The largest absolute Gasteiger partial charge is 0.511 e. The summed E-state index contributed by atoms with van der Waals surface area (Å²) in [4.78, 5) is 189. The van der Waals surface area contributed by atoms with Crippen molar-refractivity contribution in [3.8, 4) is 0 Å². The van der Waals surface area contributed by atoms with Gasteiger partial charge >= 0.3 is 5.97 Å². The number of nitrogens with two attached hydrogens (primary N) is 2. The van der Waals surface area contributed by atoms with Crippen molar-refractivity contribution < 1.29 is 72.9 Å². The molecule has 10 amide bonds. The van der Waals surface area contributed by atoms with E-state index in [1.165, 1.54) is 16.7 Å². The molecule has 4 aliphatic rings. The van der Waals surface area contributed by atoms with Gasteiger partial charge < -0.3 is 84.1 Å². The first-order chi connectivity index (χ1) is 48.3. The Morgan fingerprint density at radius 1 is 0.578 bits per heavy atom. The zero-order valence-electron chi connectivity index (χ0n) is 59.6. The Morgan fingerprint density at radius 3 is 1.61 bits per heavy atom. The molecule has 3 fully saturated rings. The highest BCUT2D eigenvalue weighted by molar-refractivity contribution is 6.22. The summed E-state index contributed by atoms with van der Waals surface area (Å²) < 4.78 is 0. The van der Waals surface area contributed by atoms with Crippen LogP contribution in [-0.2, 0) is 70.4 Å². The number of nitrogens with one attached hydrogen (secondary N) is 9. The number of para-hydroxylation sites is 1. The van der Waals surface area contributed by atoms with Gasteiger partial charge in [-0.1, -0.05) is 90.1 Å². The van der Waals surface area contributed by atoms with Gasteiger partial charge in [0.25, 0.3) is 0 Å². The molecule has 0 spiro atoms. The molecular weight excluding hydrogens is 1310 g/mol. The number of carboxylic acids is 1. The van der Waals surface area contributed by atoms with Crippen LogP contribution in [0.4, 0.5) is 0 Å². The molecule has 30 nitrogen and oxygen atoms in total. The van der Waals surface area contributed by atoms with Crippen LogP contribution < -0.4 is 54.0 Å². The monoisotopic (exact) mass is 1420 g/mol. The molecule has 11 atom stereocenters. The van der Waals surface area contributed by atoms with Crippen molar-refractivity contribution in [1.29, 1.82) is 0 Å². The fourth-order valence-corrected chi connectivity index (χ4v) is 13.6. The fourth-order valence-electron chi connectivity index (χ4n) is 13.6. The lowest BCUT2D eigenvalue weighted by molar-refractivity contribution is -0.144. The number of ketones is 1. The molecule has 30 heteroatoms. The number of nitrogens with zero attached hydrogens (tertiary/aromatic N) is 4. The molecular formula is C72H103N15O15. The number of aliphatic carboxylic acids is 1. The maximum Gasteiger partial charge on any atom is 0.305 e. The van der Waals surface area contributed by atoms with Gasteiger partial charge in [0, 0.05) is 74.7 Å². The molecule has 556 valence electrons. The lowest BCUT2D eigenvalue weighted by Gasteiger charge is -2.32. The normalized spacial score (nSPS) is 25.5. The molecule has 1 aliphatic carbocycles. The lowest BCUT2D eigenvalue weighted by Crippen LogP contribution is -2.62. The minimum atomic E-state index is -1.92. The predicted molar refractivity (Wildman–Crippen MR) is 379 cm³/mol. The van der Waals surface area contributed by atoms with E-state index in [-0.39, 0.29) is 145 Å². The molecule has 16 N–H and O–H groups in total. The Kier molecular flexibility index (Phi) is 28.7. The Bertz CT molecular complexity index is 3640. The molecule has 2 aromatic carbocycles. The zero-order valence-corrected chi connectivity index (χ0v) is 59.6. The van der Waals surface area contributed by atoms with Gasteiger partial charge in [-0.15, -0.1) is 0 Å². The standard InChI is InChI=1S/C72H103N15O15/c1-39(2)31-49-64(96)84-53(34-44-38-77-46-22-13-12-21-45(44)46)70(102)87-30-18-26-55(87)67(99)85-60(42(6)88)68(100)82-51(35-58(91)92)65(97)81-50(32-40(3)4)63(95)83-52(33-43-19-10-9-11-20-43)69(101)86-29-17-25-54(86)66(98)79-47(61(93)78-48(62(94)80-49)24-16-28-76-71(73)74)23-14-15-27-75-41(5)59-56(89)36-72(7,8)37-57(59)90/h9-13,19-22,38-40,42,47-55,60,77,88-89H,14-18,23-37H2,1-8H3,(H,78,93)(H,79,98)(H,80,94)(H,81,97)(H,82,100)(H,83,95)(H,84,96)(H,85,99)(H,91,92)(H4,73,74,76)/t42-,47+,48+,49+,50+,51+,52-,53-,54+,55+,60+/m1/s1. The number of benzene rings is 2. The van der Waals surface area contributed by atoms with Crippen molar-refractivity contribution in [2.24, 2.45) is 38.7 Å². The van der Waals surface area contributed by atoms with Crippen molar-refractivity contribution in [1.82, 2.24) is 57.3 Å². The number of aliphatic imine (C=N–C) groups is 2. The number of hydrogen-bond donors (Lipinski definition) is 14. The average molecular weight is 1420 g/mol. The minimum Gasteiger partial charge on any atom is -0.511 e. The quantitative estimate of drug-likeness (QED) is 0.0410. The number of carbonyl (C=O) groups excluding carboxylic acids is 11. The third-order valence-electron chi connectivity index (χ3n) is 18.7. The number of allylic oxidation sites excluding steroid dienone is 2. The van der Waals surface area contributed by atoms with Crippen LogP contribution in [0.3, 0.4) is 0 Å². The minimum absolute atomic E-state index is 0.00146. The van der Waals surface area contributed by atoms with Gasteiger partial charge in [-0.25, -0.2) is 0 Å². The molecule has 0 bridgehead atoms. The van der Waals surface area contributed by atoms with Gasteiger partial charge in [-0.05, 0) is 119 Å². The number of aromatic amines is 1. The van der Waals surface area contributed by atoms with Crippen molar-refractivity contribution in [2.75, 3.05) is 26.2 Å². The summed E-state index contributed by atoms with van der Waals surface area (Å²) in [6.45, 7) is 13.8. The summed E-state index contributed by atoms with van der Waals surface area (Å²) in [5.74, 6) is -11.5. The van der Waals surface area contributed by atoms with Crippen LogP contribution in [-0.4, -0.2) is 205 Å². The molecule has 3 aromatic rings. The highest BCUT2D eigenvalue weighted by Gasteiger charge is 2.44. The SMILES string of the molecule is CC(=NCCCC[C@@H]1NC(=O)[C@@H]2CCCN2C(=O)[C@@H](Cc2ccccc2)NC(=O)[C@H](CC(C)C)NC(=O)[C@H](CC(=O)O)NC(=O)[C@H]([C@@H](C)O)NC(=O)[C@@H]2CCCN2C(=O)[C@@H](Cc2c[nH]c3ccccc23)NC(=O)[C@H](CC(C)C)NC(=O)[C@H](CCCN=C(N)N)NC1=O)C1=C(O)CC(C)(C)CC1=O. The van der Waals surface area contributed by atoms with E-state index in [0.717, 1.165) is 0 Å². The number of rotatable bonds is 21. The number of hydrogen-bond acceptors (Lipinski definition) is 16. The van der Waals surface area contributed by atoms with E-state index in [4.69, 9.17) is 11.5 Å². The van der Waals surface area contributed by atoms with Crippen LogP contribution in [0.15, 0.2) is 82.1 Å². The maximum absolute atomic E-state index is 15.3. The number of unbranched alkanes of at least 4 members (excludes halogenated alkanes) is 1. The van der Waals surface area contributed by atoms with Crippen molar-refractivity contribution in [2.45, 2.75) is 225 Å². The molecule has 3 saturated heterocycles. The summed E-state index contributed by atoms with van der Waals surface area (Å²) in [5.41, 5.74) is 13.3. The van der Waals surface area contributed by atoms with Crippen LogP contribution in [0.2, 0.25) is 0 Å². The van der Waals surface area contributed by atoms with Crippen LogP contribution in [0.1, 0.15) is 156 Å². The van der Waals surface area contributed by atoms with Crippen LogP contribution >= 0.6 is 0 Å². The molecule has 4 heterocycles. The van der Waals surface area contributed by atoms with E-state index < -0.39 is 143 Å². The molecule has 0 unspecified atom stereocenters. The summed E-state index contributed by atoms with van der Waals surface area (Å²) in [5, 5.41) is 54.5. The first-order valence-electron chi connectivity index (χ1n) is 35.4. The predicted octanol–water partition coefficient (Wildman–Crippen LogP) is 1.66. The molecule has 102 heavy (non-hydrogen) atoms. The smallest absolute Gasteiger partial charge is 0.305 e. The maximum atomic E-state index is 15.3. The van der Waals surface area contributed by atoms with Gasteiger partial charge in [0.15, 0.2) is 11.7 Å². The summed E-state index contributed by atoms with van der Waals surface area (Å²) in [7, 11) is 0. The first-order valence-corrected chi connectivity index (χ1v) is 35.4. The van der Waals surface area contributed by atoms with Crippen LogP contribution in [0, 0.1) is 17.3 Å². The highest BCUT2D eigenvalue weighted by atomic mass is 16.4. The topological polar surface area (TPSA) is 461 Å². The number of aliphatic hydroxyl groups excluding tert-OH is 2. The van der Waals surface area contributed by atoms with Gasteiger partial charge in [0.1, 0.15) is 66.2 Å². The van der Waals surface area contributed by atoms with Gasteiger partial charge in [-0.3, -0.25) is 67.5 Å². The van der Waals surface area contributed by atoms with Gasteiger partial charge in [0.2, 0.25) is 59.1 Å². The molecule has 7 rings (SSSR count). The zero-order chi connectivity index (χ0) is 74.7. The summed E-state index contributed by atoms with van der Waals surface area (Å²) in [6.07, 6.45) is 0.297. The average Bonchev–Trinajstić information content (AvgIpc) is 1.44.